The lowest BCUT2D eigenvalue weighted by atomic mass is 10.1. The molecule has 1 unspecified atom stereocenters. The van der Waals surface area contributed by atoms with Gasteiger partial charge in [0.2, 0.25) is 0 Å². The smallest absolute Gasteiger partial charge is 0.251 e. The Hall–Kier alpha value is -1.69. The standard InChI is InChI=1S/C14H18F2N2O2/c1-14(2,20)13(19)17-10-5-6-18(8-10)12-4-3-9(15)7-11(12)16/h3-4,7,10,20H,5-6,8H2,1-2H3,(H,17,19). The monoisotopic (exact) mass is 284 g/mol. The summed E-state index contributed by atoms with van der Waals surface area (Å²) >= 11 is 0. The zero-order chi connectivity index (χ0) is 14.9. The van der Waals surface area contributed by atoms with Crippen LogP contribution in [0.4, 0.5) is 14.5 Å². The van der Waals surface area contributed by atoms with Gasteiger partial charge < -0.3 is 15.3 Å². The maximum absolute atomic E-state index is 13.7. The van der Waals surface area contributed by atoms with Gasteiger partial charge in [-0.2, -0.15) is 0 Å². The number of anilines is 1. The van der Waals surface area contributed by atoms with Crippen LogP contribution in [0.15, 0.2) is 18.2 Å². The molecule has 1 aromatic rings. The first kappa shape index (κ1) is 14.7. The summed E-state index contributed by atoms with van der Waals surface area (Å²) in [5.74, 6) is -1.68. The summed E-state index contributed by atoms with van der Waals surface area (Å²) < 4.78 is 26.5. The maximum atomic E-state index is 13.7. The molecular formula is C14H18F2N2O2. The van der Waals surface area contributed by atoms with E-state index in [2.05, 4.69) is 5.32 Å². The number of aliphatic hydroxyl groups is 1. The van der Waals surface area contributed by atoms with Crippen LogP contribution in [0.3, 0.4) is 0 Å². The number of carbonyl (C=O) groups is 1. The van der Waals surface area contributed by atoms with Crippen LogP contribution in [0.1, 0.15) is 20.3 Å². The van der Waals surface area contributed by atoms with Crippen molar-refractivity contribution >= 4 is 11.6 Å². The largest absolute Gasteiger partial charge is 0.381 e. The summed E-state index contributed by atoms with van der Waals surface area (Å²) in [5.41, 5.74) is -1.11. The van der Waals surface area contributed by atoms with Crippen molar-refractivity contribution in [1.29, 1.82) is 0 Å². The van der Waals surface area contributed by atoms with E-state index in [1.54, 1.807) is 4.90 Å². The van der Waals surface area contributed by atoms with Gasteiger partial charge in [0.05, 0.1) is 5.69 Å². The van der Waals surface area contributed by atoms with Crippen molar-refractivity contribution in [3.05, 3.63) is 29.8 Å². The minimum absolute atomic E-state index is 0.154. The van der Waals surface area contributed by atoms with E-state index >= 15 is 0 Å². The molecule has 0 radical (unpaired) electrons. The Morgan fingerprint density at radius 3 is 2.75 bits per heavy atom. The van der Waals surface area contributed by atoms with Gasteiger partial charge in [0.15, 0.2) is 0 Å². The first-order chi connectivity index (χ1) is 9.27. The van der Waals surface area contributed by atoms with Crippen molar-refractivity contribution in [2.75, 3.05) is 18.0 Å². The summed E-state index contributed by atoms with van der Waals surface area (Å²) in [6.07, 6.45) is 0.651. The number of hydrogen-bond acceptors (Lipinski definition) is 3. The third-order valence-electron chi connectivity index (χ3n) is 3.33. The summed E-state index contributed by atoms with van der Waals surface area (Å²) in [7, 11) is 0. The second kappa shape index (κ2) is 5.36. The predicted octanol–water partition coefficient (Wildman–Crippen LogP) is 1.43. The highest BCUT2D eigenvalue weighted by Crippen LogP contribution is 2.24. The lowest BCUT2D eigenvalue weighted by molar-refractivity contribution is -0.137. The average Bonchev–Trinajstić information content (AvgIpc) is 2.76. The number of rotatable bonds is 3. The second-order valence-electron chi connectivity index (χ2n) is 5.56. The second-order valence-corrected chi connectivity index (χ2v) is 5.56. The molecule has 2 rings (SSSR count). The Kier molecular flexibility index (Phi) is 3.94. The molecular weight excluding hydrogens is 266 g/mol. The first-order valence-corrected chi connectivity index (χ1v) is 6.50. The Morgan fingerprint density at radius 1 is 1.45 bits per heavy atom. The van der Waals surface area contributed by atoms with Gasteiger partial charge in [0.25, 0.3) is 5.91 Å². The number of halogens is 2. The van der Waals surface area contributed by atoms with Crippen molar-refractivity contribution in [3.63, 3.8) is 0 Å². The summed E-state index contributed by atoms with van der Waals surface area (Å²) in [6, 6.07) is 3.29. The zero-order valence-corrected chi connectivity index (χ0v) is 11.5. The number of benzene rings is 1. The molecule has 1 heterocycles. The van der Waals surface area contributed by atoms with E-state index in [1.165, 1.54) is 26.0 Å². The van der Waals surface area contributed by atoms with Crippen LogP contribution < -0.4 is 10.2 Å². The molecule has 0 bridgehead atoms. The van der Waals surface area contributed by atoms with E-state index in [0.29, 0.717) is 25.2 Å². The van der Waals surface area contributed by atoms with Gasteiger partial charge in [-0.25, -0.2) is 8.78 Å². The lowest BCUT2D eigenvalue weighted by Crippen LogP contribution is -2.47. The fourth-order valence-corrected chi connectivity index (χ4v) is 2.20. The third kappa shape index (κ3) is 3.25. The van der Waals surface area contributed by atoms with Gasteiger partial charge in [-0.1, -0.05) is 0 Å². The fraction of sp³-hybridized carbons (Fsp3) is 0.500. The van der Waals surface area contributed by atoms with Crippen LogP contribution in [-0.4, -0.2) is 35.7 Å². The molecule has 1 amide bonds. The van der Waals surface area contributed by atoms with Gasteiger partial charge in [-0.15, -0.1) is 0 Å². The van der Waals surface area contributed by atoms with E-state index < -0.39 is 23.1 Å². The summed E-state index contributed by atoms with van der Waals surface area (Å²) in [5, 5.41) is 12.3. The van der Waals surface area contributed by atoms with E-state index in [4.69, 9.17) is 0 Å². The van der Waals surface area contributed by atoms with Crippen LogP contribution in [-0.2, 0) is 4.79 Å². The number of amides is 1. The van der Waals surface area contributed by atoms with E-state index in [1.807, 2.05) is 0 Å². The van der Waals surface area contributed by atoms with Crippen LogP contribution >= 0.6 is 0 Å². The van der Waals surface area contributed by atoms with Gasteiger partial charge in [0.1, 0.15) is 17.2 Å². The van der Waals surface area contributed by atoms with Crippen LogP contribution in [0, 0.1) is 11.6 Å². The Bertz CT molecular complexity index is 514. The molecule has 1 aromatic carbocycles. The molecule has 4 nitrogen and oxygen atoms in total. The average molecular weight is 284 g/mol. The molecule has 2 N–H and O–H groups in total. The minimum Gasteiger partial charge on any atom is -0.381 e. The SMILES string of the molecule is CC(C)(O)C(=O)NC1CCN(c2ccc(F)cc2F)C1. The highest BCUT2D eigenvalue weighted by Gasteiger charge is 2.30. The number of nitrogens with one attached hydrogen (secondary N) is 1. The van der Waals surface area contributed by atoms with E-state index in [0.717, 1.165) is 6.07 Å². The van der Waals surface area contributed by atoms with E-state index in [9.17, 15) is 18.7 Å². The number of carbonyl (C=O) groups excluding carboxylic acids is 1. The van der Waals surface area contributed by atoms with Crippen molar-refractivity contribution in [2.45, 2.75) is 31.9 Å². The Morgan fingerprint density at radius 2 is 2.15 bits per heavy atom. The van der Waals surface area contributed by atoms with Crippen molar-refractivity contribution in [1.82, 2.24) is 5.32 Å². The number of hydrogen-bond donors (Lipinski definition) is 2. The lowest BCUT2D eigenvalue weighted by Gasteiger charge is -2.22. The maximum Gasteiger partial charge on any atom is 0.251 e. The van der Waals surface area contributed by atoms with Crippen LogP contribution in [0.5, 0.6) is 0 Å². The summed E-state index contributed by atoms with van der Waals surface area (Å²) in [6.45, 7) is 3.83. The molecule has 1 saturated heterocycles. The Labute approximate surface area is 116 Å². The topological polar surface area (TPSA) is 52.6 Å². The molecule has 0 aromatic heterocycles. The van der Waals surface area contributed by atoms with Crippen LogP contribution in [0.2, 0.25) is 0 Å². The first-order valence-electron chi connectivity index (χ1n) is 6.50. The normalized spacial score (nSPS) is 19.2. The molecule has 0 aliphatic carbocycles. The van der Waals surface area contributed by atoms with Gasteiger partial charge in [-0.05, 0) is 32.4 Å². The van der Waals surface area contributed by atoms with Gasteiger partial charge >= 0.3 is 0 Å². The molecule has 20 heavy (non-hydrogen) atoms. The Balaban J connectivity index is 2.00. The minimum atomic E-state index is -1.44. The molecule has 6 heteroatoms. The molecule has 110 valence electrons. The fourth-order valence-electron chi connectivity index (χ4n) is 2.20. The molecule has 0 spiro atoms. The van der Waals surface area contributed by atoms with Crippen molar-refractivity contribution in [3.8, 4) is 0 Å². The predicted molar refractivity (Wildman–Crippen MR) is 71.4 cm³/mol. The molecule has 1 atom stereocenters. The quantitative estimate of drug-likeness (QED) is 0.883. The molecule has 1 aliphatic heterocycles. The molecule has 1 fully saturated rings. The molecule has 0 saturated carbocycles. The summed E-state index contributed by atoms with van der Waals surface area (Å²) in [4.78, 5) is 13.4. The van der Waals surface area contributed by atoms with Crippen LogP contribution in [0.25, 0.3) is 0 Å². The van der Waals surface area contributed by atoms with Crippen molar-refractivity contribution < 1.29 is 18.7 Å². The number of nitrogens with zero attached hydrogens (tertiary/aromatic N) is 1. The highest BCUT2D eigenvalue weighted by molar-refractivity contribution is 5.84. The highest BCUT2D eigenvalue weighted by atomic mass is 19.1. The molecule has 1 aliphatic rings. The van der Waals surface area contributed by atoms with Gasteiger partial charge in [-0.3, -0.25) is 4.79 Å². The van der Waals surface area contributed by atoms with Crippen molar-refractivity contribution in [2.24, 2.45) is 0 Å². The zero-order valence-electron chi connectivity index (χ0n) is 11.5. The third-order valence-corrected chi connectivity index (χ3v) is 3.33. The van der Waals surface area contributed by atoms with E-state index in [-0.39, 0.29) is 6.04 Å². The van der Waals surface area contributed by atoms with Gasteiger partial charge in [0, 0.05) is 25.2 Å².